The first kappa shape index (κ1) is 18.1. The fraction of sp³-hybridized carbons (Fsp3) is 0.263. The summed E-state index contributed by atoms with van der Waals surface area (Å²) in [6.07, 6.45) is -2.76. The van der Waals surface area contributed by atoms with Gasteiger partial charge in [-0.2, -0.15) is 0 Å². The second-order valence-electron chi connectivity index (χ2n) is 6.27. The molecule has 0 unspecified atom stereocenters. The van der Waals surface area contributed by atoms with Gasteiger partial charge in [-0.15, -0.1) is 0 Å². The van der Waals surface area contributed by atoms with E-state index in [4.69, 9.17) is 0 Å². The van der Waals surface area contributed by atoms with E-state index >= 15 is 0 Å². The van der Waals surface area contributed by atoms with E-state index < -0.39 is 12.2 Å². The number of hydrogen-bond acceptors (Lipinski definition) is 4. The molecule has 0 saturated carbocycles. The molecular formula is C19H19F3N4. The number of benzene rings is 2. The van der Waals surface area contributed by atoms with E-state index in [1.54, 1.807) is 30.3 Å². The van der Waals surface area contributed by atoms with Gasteiger partial charge in [0.05, 0.1) is 5.52 Å². The number of alkyl halides is 2. The van der Waals surface area contributed by atoms with Crippen LogP contribution >= 0.6 is 0 Å². The minimum absolute atomic E-state index is 0.267. The summed E-state index contributed by atoms with van der Waals surface area (Å²) in [5.74, 6) is -0.513. The van der Waals surface area contributed by atoms with E-state index in [9.17, 15) is 13.2 Å². The molecule has 2 aromatic carbocycles. The highest BCUT2D eigenvalue weighted by molar-refractivity contribution is 5.89. The molecule has 0 amide bonds. The Morgan fingerprint density at radius 2 is 1.85 bits per heavy atom. The van der Waals surface area contributed by atoms with Gasteiger partial charge in [0.1, 0.15) is 11.6 Å². The number of anilines is 1. The van der Waals surface area contributed by atoms with Gasteiger partial charge < -0.3 is 10.2 Å². The zero-order valence-corrected chi connectivity index (χ0v) is 14.5. The van der Waals surface area contributed by atoms with Gasteiger partial charge in [0.2, 0.25) is 0 Å². The fourth-order valence-corrected chi connectivity index (χ4v) is 2.68. The van der Waals surface area contributed by atoms with Gasteiger partial charge in [-0.05, 0) is 37.9 Å². The van der Waals surface area contributed by atoms with E-state index in [0.29, 0.717) is 34.4 Å². The maximum atomic E-state index is 14.2. The molecule has 3 aromatic rings. The Labute approximate surface area is 149 Å². The molecule has 0 aliphatic heterocycles. The first-order valence-electron chi connectivity index (χ1n) is 8.15. The van der Waals surface area contributed by atoms with Crippen LogP contribution in [0.1, 0.15) is 23.4 Å². The van der Waals surface area contributed by atoms with Crippen LogP contribution < -0.4 is 5.32 Å². The standard InChI is InChI=1S/C19H19F3N4/c1-26(2)11-13-8-7-12(9-15(13)20)10-23-18-14-5-3-4-6-16(14)24-19(25-18)17(21)22/h3-9,17H,10-11H2,1-2H3,(H,23,24,25). The van der Waals surface area contributed by atoms with Crippen LogP contribution in [0.5, 0.6) is 0 Å². The molecule has 0 spiro atoms. The fourth-order valence-electron chi connectivity index (χ4n) is 2.68. The van der Waals surface area contributed by atoms with E-state index in [1.807, 2.05) is 25.1 Å². The number of para-hydroxylation sites is 1. The van der Waals surface area contributed by atoms with E-state index in [1.165, 1.54) is 6.07 Å². The Morgan fingerprint density at radius 3 is 2.54 bits per heavy atom. The van der Waals surface area contributed by atoms with Crippen molar-refractivity contribution in [3.8, 4) is 0 Å². The van der Waals surface area contributed by atoms with Crippen LogP contribution in [0.25, 0.3) is 10.9 Å². The highest BCUT2D eigenvalue weighted by atomic mass is 19.3. The third kappa shape index (κ3) is 4.11. The highest BCUT2D eigenvalue weighted by Gasteiger charge is 2.15. The van der Waals surface area contributed by atoms with Crippen molar-refractivity contribution >= 4 is 16.7 Å². The SMILES string of the molecule is CN(C)Cc1ccc(CNc2nc(C(F)F)nc3ccccc23)cc1F. The van der Waals surface area contributed by atoms with Crippen LogP contribution in [-0.2, 0) is 13.1 Å². The molecule has 1 heterocycles. The molecule has 0 bridgehead atoms. The average Bonchev–Trinajstić information content (AvgIpc) is 2.61. The smallest absolute Gasteiger partial charge is 0.297 e. The first-order valence-corrected chi connectivity index (χ1v) is 8.15. The summed E-state index contributed by atoms with van der Waals surface area (Å²) in [6.45, 7) is 0.774. The molecule has 0 fully saturated rings. The predicted octanol–water partition coefficient (Wildman–Crippen LogP) is 4.38. The minimum atomic E-state index is -2.76. The number of nitrogens with one attached hydrogen (secondary N) is 1. The zero-order valence-electron chi connectivity index (χ0n) is 14.5. The van der Waals surface area contributed by atoms with Gasteiger partial charge in [0.25, 0.3) is 6.43 Å². The van der Waals surface area contributed by atoms with Crippen molar-refractivity contribution < 1.29 is 13.2 Å². The third-order valence-corrected chi connectivity index (χ3v) is 3.88. The van der Waals surface area contributed by atoms with Crippen LogP contribution in [0.15, 0.2) is 42.5 Å². The molecule has 7 heteroatoms. The van der Waals surface area contributed by atoms with E-state index in [2.05, 4.69) is 15.3 Å². The van der Waals surface area contributed by atoms with Crippen molar-refractivity contribution in [1.29, 1.82) is 0 Å². The normalized spacial score (nSPS) is 11.5. The molecule has 0 atom stereocenters. The molecule has 0 saturated heterocycles. The van der Waals surface area contributed by atoms with Gasteiger partial charge in [0, 0.05) is 24.0 Å². The lowest BCUT2D eigenvalue weighted by molar-refractivity contribution is 0.141. The summed E-state index contributed by atoms with van der Waals surface area (Å²) < 4.78 is 40.2. The third-order valence-electron chi connectivity index (χ3n) is 3.88. The molecule has 0 aliphatic carbocycles. The molecular weight excluding hydrogens is 341 g/mol. The summed E-state index contributed by atoms with van der Waals surface area (Å²) in [5, 5.41) is 3.67. The van der Waals surface area contributed by atoms with Crippen LogP contribution in [0.2, 0.25) is 0 Å². The molecule has 0 aliphatic rings. The van der Waals surface area contributed by atoms with Gasteiger partial charge >= 0.3 is 0 Å². The number of nitrogens with zero attached hydrogens (tertiary/aromatic N) is 3. The van der Waals surface area contributed by atoms with Crippen molar-refractivity contribution in [1.82, 2.24) is 14.9 Å². The van der Waals surface area contributed by atoms with Crippen LogP contribution in [0.3, 0.4) is 0 Å². The monoisotopic (exact) mass is 360 g/mol. The summed E-state index contributed by atoms with van der Waals surface area (Å²) in [5.41, 5.74) is 1.74. The lowest BCUT2D eigenvalue weighted by Crippen LogP contribution is -2.12. The molecule has 4 nitrogen and oxygen atoms in total. The second kappa shape index (κ2) is 7.70. The summed E-state index contributed by atoms with van der Waals surface area (Å²) >= 11 is 0. The molecule has 3 rings (SSSR count). The number of halogens is 3. The van der Waals surface area contributed by atoms with Crippen molar-refractivity contribution in [2.45, 2.75) is 19.5 Å². The molecule has 0 radical (unpaired) electrons. The average molecular weight is 360 g/mol. The van der Waals surface area contributed by atoms with Gasteiger partial charge in [-0.3, -0.25) is 0 Å². The van der Waals surface area contributed by atoms with Crippen LogP contribution in [0.4, 0.5) is 19.0 Å². The summed E-state index contributed by atoms with van der Waals surface area (Å²) in [4.78, 5) is 9.68. The number of fused-ring (bicyclic) bond motifs is 1. The highest BCUT2D eigenvalue weighted by Crippen LogP contribution is 2.25. The molecule has 136 valence electrons. The maximum absolute atomic E-state index is 14.2. The van der Waals surface area contributed by atoms with Gasteiger partial charge in [-0.1, -0.05) is 24.3 Å². The first-order chi connectivity index (χ1) is 12.4. The van der Waals surface area contributed by atoms with E-state index in [-0.39, 0.29) is 12.4 Å². The molecule has 1 N–H and O–H groups in total. The summed E-state index contributed by atoms with van der Waals surface area (Å²) in [6, 6.07) is 11.9. The Balaban J connectivity index is 1.84. The predicted molar refractivity (Wildman–Crippen MR) is 95.6 cm³/mol. The second-order valence-corrected chi connectivity index (χ2v) is 6.27. The molecule has 26 heavy (non-hydrogen) atoms. The van der Waals surface area contributed by atoms with Gasteiger partial charge in [-0.25, -0.2) is 23.1 Å². The Bertz CT molecular complexity index is 912. The summed E-state index contributed by atoms with van der Waals surface area (Å²) in [7, 11) is 3.74. The largest absolute Gasteiger partial charge is 0.365 e. The maximum Gasteiger partial charge on any atom is 0.297 e. The Kier molecular flexibility index (Phi) is 5.37. The van der Waals surface area contributed by atoms with Crippen LogP contribution in [0, 0.1) is 5.82 Å². The van der Waals surface area contributed by atoms with Crippen molar-refractivity contribution in [2.75, 3.05) is 19.4 Å². The lowest BCUT2D eigenvalue weighted by Gasteiger charge is -2.13. The minimum Gasteiger partial charge on any atom is -0.365 e. The lowest BCUT2D eigenvalue weighted by atomic mass is 10.1. The Hall–Kier alpha value is -2.67. The molecule has 1 aromatic heterocycles. The number of aromatic nitrogens is 2. The van der Waals surface area contributed by atoms with Gasteiger partial charge in [0.15, 0.2) is 5.82 Å². The van der Waals surface area contributed by atoms with E-state index in [0.717, 1.165) is 0 Å². The number of rotatable bonds is 6. The topological polar surface area (TPSA) is 41.0 Å². The zero-order chi connectivity index (χ0) is 18.7. The number of hydrogen-bond donors (Lipinski definition) is 1. The van der Waals surface area contributed by atoms with Crippen LogP contribution in [-0.4, -0.2) is 29.0 Å². The Morgan fingerprint density at radius 1 is 1.08 bits per heavy atom. The van der Waals surface area contributed by atoms with Crippen molar-refractivity contribution in [2.24, 2.45) is 0 Å². The van der Waals surface area contributed by atoms with Crippen molar-refractivity contribution in [3.63, 3.8) is 0 Å². The van der Waals surface area contributed by atoms with Crippen molar-refractivity contribution in [3.05, 3.63) is 65.2 Å². The quantitative estimate of drug-likeness (QED) is 0.708.